The minimum absolute atomic E-state index is 0.0832. The van der Waals surface area contributed by atoms with Crippen LogP contribution in [0.25, 0.3) is 0 Å². The Morgan fingerprint density at radius 1 is 1.29 bits per heavy atom. The van der Waals surface area contributed by atoms with E-state index in [1.807, 2.05) is 0 Å². The lowest BCUT2D eigenvalue weighted by atomic mass is 10.2. The van der Waals surface area contributed by atoms with E-state index < -0.39 is 10.0 Å². The molecular formula is C13H25N5O2S. The Kier molecular flexibility index (Phi) is 5.03. The summed E-state index contributed by atoms with van der Waals surface area (Å²) in [5.41, 5.74) is 6.95. The number of aryl methyl sites for hydroxylation is 1. The molecule has 1 fully saturated rings. The standard InChI is InChI=1S/C13H25N5O2S/c1-10(2)9-17-4-6-18(7-5-17)21(19,20)13-12(8-14)11(3)15-16-13/h10H,4-9,14H2,1-3H3,(H,15,16). The third kappa shape index (κ3) is 3.45. The molecule has 2 rings (SSSR count). The van der Waals surface area contributed by atoms with Gasteiger partial charge in [0.1, 0.15) is 0 Å². The van der Waals surface area contributed by atoms with Gasteiger partial charge in [-0.1, -0.05) is 13.8 Å². The Morgan fingerprint density at radius 2 is 1.90 bits per heavy atom. The highest BCUT2D eigenvalue weighted by Gasteiger charge is 2.32. The van der Waals surface area contributed by atoms with Crippen molar-refractivity contribution in [2.24, 2.45) is 11.7 Å². The summed E-state index contributed by atoms with van der Waals surface area (Å²) < 4.78 is 26.9. The average molecular weight is 315 g/mol. The van der Waals surface area contributed by atoms with E-state index in [-0.39, 0.29) is 11.6 Å². The molecule has 1 aromatic rings. The third-order valence-electron chi connectivity index (χ3n) is 3.78. The van der Waals surface area contributed by atoms with Crippen LogP contribution in [0, 0.1) is 12.8 Å². The molecule has 3 N–H and O–H groups in total. The quantitative estimate of drug-likeness (QED) is 0.806. The topological polar surface area (TPSA) is 95.3 Å². The summed E-state index contributed by atoms with van der Waals surface area (Å²) in [6, 6.07) is 0. The maximum absolute atomic E-state index is 12.7. The van der Waals surface area contributed by atoms with Gasteiger partial charge in [0.15, 0.2) is 5.03 Å². The predicted octanol–water partition coefficient (Wildman–Crippen LogP) is 0.139. The Bertz CT molecular complexity index is 573. The Hall–Kier alpha value is -0.960. The normalized spacial score (nSPS) is 18.5. The zero-order valence-corrected chi connectivity index (χ0v) is 13.8. The van der Waals surface area contributed by atoms with Crippen LogP contribution in [0.2, 0.25) is 0 Å². The van der Waals surface area contributed by atoms with E-state index in [4.69, 9.17) is 5.73 Å². The van der Waals surface area contributed by atoms with Gasteiger partial charge < -0.3 is 10.6 Å². The molecule has 1 aliphatic rings. The SMILES string of the molecule is Cc1[nH]nc(S(=O)(=O)N2CCN(CC(C)C)CC2)c1CN. The molecular weight excluding hydrogens is 290 g/mol. The maximum atomic E-state index is 12.7. The number of hydrogen-bond donors (Lipinski definition) is 2. The molecule has 0 bridgehead atoms. The first-order chi connectivity index (χ1) is 9.86. The van der Waals surface area contributed by atoms with Crippen LogP contribution in [-0.4, -0.2) is 60.5 Å². The Labute approximate surface area is 126 Å². The average Bonchev–Trinajstić information content (AvgIpc) is 2.80. The van der Waals surface area contributed by atoms with Crippen LogP contribution >= 0.6 is 0 Å². The van der Waals surface area contributed by atoms with Crippen molar-refractivity contribution in [2.45, 2.75) is 32.3 Å². The number of nitrogens with zero attached hydrogens (tertiary/aromatic N) is 3. The largest absolute Gasteiger partial charge is 0.326 e. The van der Waals surface area contributed by atoms with Crippen molar-refractivity contribution < 1.29 is 8.42 Å². The second kappa shape index (κ2) is 6.43. The number of H-pyrrole nitrogens is 1. The minimum atomic E-state index is -3.55. The summed E-state index contributed by atoms with van der Waals surface area (Å²) in [4.78, 5) is 2.30. The number of nitrogens with one attached hydrogen (secondary N) is 1. The first-order valence-electron chi connectivity index (χ1n) is 7.32. The van der Waals surface area contributed by atoms with E-state index >= 15 is 0 Å². The molecule has 2 heterocycles. The molecule has 0 aromatic carbocycles. The second-order valence-corrected chi connectivity index (χ2v) is 7.79. The lowest BCUT2D eigenvalue weighted by molar-refractivity contribution is 0.172. The van der Waals surface area contributed by atoms with Gasteiger partial charge in [0, 0.05) is 50.5 Å². The van der Waals surface area contributed by atoms with Crippen LogP contribution in [0.5, 0.6) is 0 Å². The molecule has 7 nitrogen and oxygen atoms in total. The highest BCUT2D eigenvalue weighted by atomic mass is 32.2. The highest BCUT2D eigenvalue weighted by molar-refractivity contribution is 7.89. The molecule has 0 unspecified atom stereocenters. The lowest BCUT2D eigenvalue weighted by Crippen LogP contribution is -2.49. The molecule has 120 valence electrons. The zero-order chi connectivity index (χ0) is 15.6. The van der Waals surface area contributed by atoms with E-state index in [2.05, 4.69) is 28.9 Å². The van der Waals surface area contributed by atoms with Crippen molar-refractivity contribution in [3.63, 3.8) is 0 Å². The lowest BCUT2D eigenvalue weighted by Gasteiger charge is -2.34. The summed E-state index contributed by atoms with van der Waals surface area (Å²) in [6.45, 7) is 9.84. The van der Waals surface area contributed by atoms with Crippen molar-refractivity contribution in [2.75, 3.05) is 32.7 Å². The number of aromatic nitrogens is 2. The van der Waals surface area contributed by atoms with Crippen LogP contribution < -0.4 is 5.73 Å². The van der Waals surface area contributed by atoms with Gasteiger partial charge in [-0.15, -0.1) is 0 Å². The van der Waals surface area contributed by atoms with Gasteiger partial charge >= 0.3 is 0 Å². The molecule has 0 radical (unpaired) electrons. The smallest absolute Gasteiger partial charge is 0.262 e. The molecule has 8 heteroatoms. The van der Waals surface area contributed by atoms with Crippen LogP contribution in [-0.2, 0) is 16.6 Å². The van der Waals surface area contributed by atoms with Gasteiger partial charge in [0.25, 0.3) is 10.0 Å². The molecule has 0 atom stereocenters. The van der Waals surface area contributed by atoms with E-state index in [0.717, 1.165) is 25.3 Å². The van der Waals surface area contributed by atoms with E-state index in [9.17, 15) is 8.42 Å². The number of rotatable bonds is 5. The molecule has 1 saturated heterocycles. The summed E-state index contributed by atoms with van der Waals surface area (Å²) >= 11 is 0. The number of nitrogens with two attached hydrogens (primary N) is 1. The van der Waals surface area contributed by atoms with Crippen LogP contribution in [0.4, 0.5) is 0 Å². The van der Waals surface area contributed by atoms with E-state index in [0.29, 0.717) is 24.6 Å². The third-order valence-corrected chi connectivity index (χ3v) is 5.65. The molecule has 0 amide bonds. The van der Waals surface area contributed by atoms with Crippen molar-refractivity contribution in [3.05, 3.63) is 11.3 Å². The Morgan fingerprint density at radius 3 is 2.43 bits per heavy atom. The highest BCUT2D eigenvalue weighted by Crippen LogP contribution is 2.21. The maximum Gasteiger partial charge on any atom is 0.262 e. The van der Waals surface area contributed by atoms with Crippen molar-refractivity contribution in [1.29, 1.82) is 0 Å². The number of aromatic amines is 1. The van der Waals surface area contributed by atoms with Gasteiger partial charge in [-0.25, -0.2) is 8.42 Å². The summed E-state index contributed by atoms with van der Waals surface area (Å²) in [5.74, 6) is 0.589. The van der Waals surface area contributed by atoms with Crippen LogP contribution in [0.15, 0.2) is 5.03 Å². The Balaban J connectivity index is 2.11. The van der Waals surface area contributed by atoms with E-state index in [1.165, 1.54) is 4.31 Å². The van der Waals surface area contributed by atoms with Gasteiger partial charge in [-0.2, -0.15) is 9.40 Å². The summed E-state index contributed by atoms with van der Waals surface area (Å²) in [7, 11) is -3.55. The number of piperazine rings is 1. The fraction of sp³-hybridized carbons (Fsp3) is 0.769. The zero-order valence-electron chi connectivity index (χ0n) is 13.0. The van der Waals surface area contributed by atoms with E-state index in [1.54, 1.807) is 6.92 Å². The number of hydrogen-bond acceptors (Lipinski definition) is 5. The van der Waals surface area contributed by atoms with Crippen molar-refractivity contribution in [3.8, 4) is 0 Å². The first-order valence-corrected chi connectivity index (χ1v) is 8.76. The molecule has 21 heavy (non-hydrogen) atoms. The molecule has 0 aliphatic carbocycles. The number of sulfonamides is 1. The molecule has 1 aromatic heterocycles. The van der Waals surface area contributed by atoms with Crippen molar-refractivity contribution >= 4 is 10.0 Å². The van der Waals surface area contributed by atoms with Crippen LogP contribution in [0.1, 0.15) is 25.1 Å². The van der Waals surface area contributed by atoms with Crippen molar-refractivity contribution in [1.82, 2.24) is 19.4 Å². The van der Waals surface area contributed by atoms with Gasteiger partial charge in [0.05, 0.1) is 0 Å². The van der Waals surface area contributed by atoms with Gasteiger partial charge in [-0.05, 0) is 12.8 Å². The second-order valence-electron chi connectivity index (χ2n) is 5.93. The minimum Gasteiger partial charge on any atom is -0.326 e. The molecule has 0 saturated carbocycles. The fourth-order valence-corrected chi connectivity index (χ4v) is 4.27. The fourth-order valence-electron chi connectivity index (χ4n) is 2.67. The van der Waals surface area contributed by atoms with Gasteiger partial charge in [-0.3, -0.25) is 5.10 Å². The van der Waals surface area contributed by atoms with Crippen LogP contribution in [0.3, 0.4) is 0 Å². The van der Waals surface area contributed by atoms with Gasteiger partial charge in [0.2, 0.25) is 0 Å². The summed E-state index contributed by atoms with van der Waals surface area (Å²) in [5, 5.41) is 6.76. The molecule has 1 aliphatic heterocycles. The first kappa shape index (κ1) is 16.4. The molecule has 0 spiro atoms. The monoisotopic (exact) mass is 315 g/mol. The summed E-state index contributed by atoms with van der Waals surface area (Å²) in [6.07, 6.45) is 0. The predicted molar refractivity (Wildman–Crippen MR) is 81.3 cm³/mol.